The van der Waals surface area contributed by atoms with Crippen LogP contribution in [-0.4, -0.2) is 5.91 Å². The lowest BCUT2D eigenvalue weighted by molar-refractivity contribution is -0.116. The van der Waals surface area contributed by atoms with Crippen LogP contribution in [-0.2, 0) is 17.6 Å². The van der Waals surface area contributed by atoms with Crippen molar-refractivity contribution in [1.82, 2.24) is 0 Å². The molecule has 23 heavy (non-hydrogen) atoms. The molecular formula is C19H26N2OS. The van der Waals surface area contributed by atoms with Crippen molar-refractivity contribution in [2.24, 2.45) is 5.92 Å². The number of hydrogen-bond donors (Lipinski definition) is 1. The van der Waals surface area contributed by atoms with Crippen LogP contribution in [0.5, 0.6) is 0 Å². The third-order valence-corrected chi connectivity index (χ3v) is 6.50. The Kier molecular flexibility index (Phi) is 5.72. The van der Waals surface area contributed by atoms with Gasteiger partial charge in [-0.3, -0.25) is 4.79 Å². The Hall–Kier alpha value is -1.34. The summed E-state index contributed by atoms with van der Waals surface area (Å²) < 4.78 is 0. The first-order valence-corrected chi connectivity index (χ1v) is 9.94. The minimum absolute atomic E-state index is 0.0858. The third kappa shape index (κ3) is 4.14. The van der Waals surface area contributed by atoms with Crippen molar-refractivity contribution in [3.8, 4) is 6.07 Å². The monoisotopic (exact) mass is 330 g/mol. The van der Waals surface area contributed by atoms with E-state index in [9.17, 15) is 10.1 Å². The van der Waals surface area contributed by atoms with Crippen molar-refractivity contribution in [2.45, 2.75) is 77.0 Å². The van der Waals surface area contributed by atoms with Gasteiger partial charge in [-0.05, 0) is 43.6 Å². The fraction of sp³-hybridized carbons (Fsp3) is 0.684. The molecule has 0 atom stereocenters. The molecule has 1 N–H and O–H groups in total. The van der Waals surface area contributed by atoms with Gasteiger partial charge < -0.3 is 5.32 Å². The highest BCUT2D eigenvalue weighted by Crippen LogP contribution is 2.37. The van der Waals surface area contributed by atoms with E-state index >= 15 is 0 Å². The fourth-order valence-electron chi connectivity index (χ4n) is 3.95. The first-order chi connectivity index (χ1) is 11.3. The SMILES string of the molecule is N#Cc1c(NC(=O)CCC2CCCC2)sc2c1CCCCCC2. The molecule has 0 aliphatic heterocycles. The number of hydrogen-bond acceptors (Lipinski definition) is 3. The van der Waals surface area contributed by atoms with Crippen LogP contribution in [0.1, 0.15) is 80.2 Å². The number of thiophene rings is 1. The number of amides is 1. The van der Waals surface area contributed by atoms with E-state index in [2.05, 4.69) is 11.4 Å². The second kappa shape index (κ2) is 7.97. The van der Waals surface area contributed by atoms with E-state index in [1.54, 1.807) is 11.3 Å². The molecule has 0 unspecified atom stereocenters. The zero-order valence-corrected chi connectivity index (χ0v) is 14.6. The smallest absolute Gasteiger partial charge is 0.225 e. The number of carbonyl (C=O) groups is 1. The molecule has 1 saturated carbocycles. The Morgan fingerprint density at radius 3 is 2.61 bits per heavy atom. The van der Waals surface area contributed by atoms with Gasteiger partial charge in [0.05, 0.1) is 5.56 Å². The summed E-state index contributed by atoms with van der Waals surface area (Å²) in [6.07, 6.45) is 13.8. The molecule has 3 nitrogen and oxygen atoms in total. The lowest BCUT2D eigenvalue weighted by atomic mass is 9.97. The topological polar surface area (TPSA) is 52.9 Å². The van der Waals surface area contributed by atoms with Crippen LogP contribution in [0.4, 0.5) is 5.00 Å². The van der Waals surface area contributed by atoms with Gasteiger partial charge in [-0.2, -0.15) is 5.26 Å². The van der Waals surface area contributed by atoms with Crippen molar-refractivity contribution in [3.05, 3.63) is 16.0 Å². The summed E-state index contributed by atoms with van der Waals surface area (Å²) >= 11 is 1.64. The van der Waals surface area contributed by atoms with Crippen molar-refractivity contribution in [2.75, 3.05) is 5.32 Å². The van der Waals surface area contributed by atoms with Gasteiger partial charge in [0.1, 0.15) is 11.1 Å². The van der Waals surface area contributed by atoms with Gasteiger partial charge in [0.2, 0.25) is 5.91 Å². The Bertz CT molecular complexity index is 593. The maximum absolute atomic E-state index is 12.3. The Morgan fingerprint density at radius 1 is 1.13 bits per heavy atom. The molecule has 1 fully saturated rings. The molecule has 1 heterocycles. The average Bonchev–Trinajstić information content (AvgIpc) is 3.13. The van der Waals surface area contributed by atoms with Crippen molar-refractivity contribution < 1.29 is 4.79 Å². The zero-order valence-electron chi connectivity index (χ0n) is 13.8. The predicted octanol–water partition coefficient (Wildman–Crippen LogP) is 5.19. The number of nitrogens with zero attached hydrogens (tertiary/aromatic N) is 1. The van der Waals surface area contributed by atoms with Crippen LogP contribution >= 0.6 is 11.3 Å². The molecule has 4 heteroatoms. The fourth-order valence-corrected chi connectivity index (χ4v) is 5.21. The van der Waals surface area contributed by atoms with Gasteiger partial charge in [0.25, 0.3) is 0 Å². The summed E-state index contributed by atoms with van der Waals surface area (Å²) in [6, 6.07) is 2.35. The average molecular weight is 330 g/mol. The van der Waals surface area contributed by atoms with Crippen molar-refractivity contribution in [3.63, 3.8) is 0 Å². The lowest BCUT2D eigenvalue weighted by Gasteiger charge is -2.09. The Morgan fingerprint density at radius 2 is 1.87 bits per heavy atom. The molecule has 124 valence electrons. The molecule has 3 rings (SSSR count). The molecule has 2 aliphatic rings. The molecule has 0 aromatic carbocycles. The van der Waals surface area contributed by atoms with Crippen LogP contribution < -0.4 is 5.32 Å². The molecule has 2 aliphatic carbocycles. The number of carbonyl (C=O) groups excluding carboxylic acids is 1. The first-order valence-electron chi connectivity index (χ1n) is 9.12. The van der Waals surface area contributed by atoms with Crippen LogP contribution in [0.3, 0.4) is 0 Å². The van der Waals surface area contributed by atoms with Gasteiger partial charge in [0, 0.05) is 11.3 Å². The number of rotatable bonds is 4. The molecule has 1 amide bonds. The van der Waals surface area contributed by atoms with Crippen LogP contribution in [0.15, 0.2) is 0 Å². The minimum atomic E-state index is 0.0858. The zero-order chi connectivity index (χ0) is 16.1. The second-order valence-corrected chi connectivity index (χ2v) is 8.08. The molecule has 1 aromatic heterocycles. The Labute approximate surface area is 143 Å². The number of nitrogens with one attached hydrogen (secondary N) is 1. The van der Waals surface area contributed by atoms with E-state index < -0.39 is 0 Å². The molecule has 0 saturated heterocycles. The van der Waals surface area contributed by atoms with Crippen molar-refractivity contribution in [1.29, 1.82) is 5.26 Å². The summed E-state index contributed by atoms with van der Waals surface area (Å²) in [6.45, 7) is 0. The van der Waals surface area contributed by atoms with Gasteiger partial charge in [0.15, 0.2) is 0 Å². The second-order valence-electron chi connectivity index (χ2n) is 6.97. The summed E-state index contributed by atoms with van der Waals surface area (Å²) in [7, 11) is 0. The van der Waals surface area contributed by atoms with E-state index in [0.717, 1.165) is 42.2 Å². The molecule has 0 radical (unpaired) electrons. The van der Waals surface area contributed by atoms with Crippen LogP contribution in [0.25, 0.3) is 0 Å². The Balaban J connectivity index is 1.65. The van der Waals surface area contributed by atoms with Gasteiger partial charge in [-0.25, -0.2) is 0 Å². The summed E-state index contributed by atoms with van der Waals surface area (Å²) in [4.78, 5) is 13.6. The third-order valence-electron chi connectivity index (χ3n) is 5.29. The highest BCUT2D eigenvalue weighted by atomic mass is 32.1. The van der Waals surface area contributed by atoms with Crippen molar-refractivity contribution >= 4 is 22.2 Å². The van der Waals surface area contributed by atoms with E-state index in [1.165, 1.54) is 55.4 Å². The van der Waals surface area contributed by atoms with E-state index in [0.29, 0.717) is 6.42 Å². The number of aryl methyl sites for hydroxylation is 1. The first kappa shape index (κ1) is 16.5. The highest BCUT2D eigenvalue weighted by molar-refractivity contribution is 7.16. The molecular weight excluding hydrogens is 304 g/mol. The molecule has 0 spiro atoms. The largest absolute Gasteiger partial charge is 0.317 e. The number of nitriles is 1. The van der Waals surface area contributed by atoms with Crippen LogP contribution in [0.2, 0.25) is 0 Å². The number of fused-ring (bicyclic) bond motifs is 1. The normalized spacial score (nSPS) is 18.7. The van der Waals surface area contributed by atoms with E-state index in [1.807, 2.05) is 0 Å². The summed E-state index contributed by atoms with van der Waals surface area (Å²) in [5, 5.41) is 13.4. The summed E-state index contributed by atoms with van der Waals surface area (Å²) in [5.74, 6) is 0.822. The summed E-state index contributed by atoms with van der Waals surface area (Å²) in [5.41, 5.74) is 1.95. The van der Waals surface area contributed by atoms with Crippen LogP contribution in [0, 0.1) is 17.2 Å². The standard InChI is InChI=1S/C19H26N2OS/c20-13-16-15-9-3-1-2-4-10-17(15)23-19(16)21-18(22)12-11-14-7-5-6-8-14/h14H,1-12H2,(H,21,22). The number of anilines is 1. The van der Waals surface area contributed by atoms with Gasteiger partial charge >= 0.3 is 0 Å². The minimum Gasteiger partial charge on any atom is -0.317 e. The molecule has 1 aromatic rings. The van der Waals surface area contributed by atoms with Gasteiger partial charge in [-0.1, -0.05) is 38.5 Å². The highest BCUT2D eigenvalue weighted by Gasteiger charge is 2.21. The quantitative estimate of drug-likeness (QED) is 0.826. The maximum atomic E-state index is 12.3. The lowest BCUT2D eigenvalue weighted by Crippen LogP contribution is -2.12. The molecule has 0 bridgehead atoms. The van der Waals surface area contributed by atoms with Gasteiger partial charge in [-0.15, -0.1) is 11.3 Å². The van der Waals surface area contributed by atoms with E-state index in [4.69, 9.17) is 0 Å². The maximum Gasteiger partial charge on any atom is 0.225 e. The van der Waals surface area contributed by atoms with E-state index in [-0.39, 0.29) is 5.91 Å². The predicted molar refractivity (Wildman–Crippen MR) is 94.7 cm³/mol.